The van der Waals surface area contributed by atoms with Crippen LogP contribution in [0, 0.1) is 0 Å². The van der Waals surface area contributed by atoms with Crippen LogP contribution in [-0.2, 0) is 0 Å². The van der Waals surface area contributed by atoms with E-state index in [0.717, 1.165) is 28.2 Å². The number of rotatable bonds is 1. The number of aromatic hydroxyl groups is 1. The number of nitrogens with zero attached hydrogens (tertiary/aromatic N) is 2. The molecule has 1 aliphatic heterocycles. The third-order valence-electron chi connectivity index (χ3n) is 2.40. The predicted molar refractivity (Wildman–Crippen MR) is 66.9 cm³/mol. The number of aromatic amines is 1. The maximum atomic E-state index is 11.1. The molecule has 0 fully saturated rings. The number of allylic oxidation sites excluding steroid dienone is 1. The van der Waals surface area contributed by atoms with Gasteiger partial charge in [0.1, 0.15) is 0 Å². The molecule has 3 heterocycles. The van der Waals surface area contributed by atoms with E-state index in [0.29, 0.717) is 4.88 Å². The van der Waals surface area contributed by atoms with Crippen LogP contribution in [0.2, 0.25) is 0 Å². The lowest BCUT2D eigenvalue weighted by Crippen LogP contribution is -1.89. The second-order valence-electron chi connectivity index (χ2n) is 3.48. The number of aliphatic imine (C=N–C) groups is 1. The number of fused-ring (bicyclic) bond motifs is 1. The van der Waals surface area contributed by atoms with E-state index >= 15 is 0 Å². The Bertz CT molecular complexity index is 697. The molecule has 17 heavy (non-hydrogen) atoms. The average molecular weight is 245 g/mol. The van der Waals surface area contributed by atoms with Crippen molar-refractivity contribution >= 4 is 34.9 Å². The van der Waals surface area contributed by atoms with Gasteiger partial charge in [-0.2, -0.15) is 0 Å². The maximum absolute atomic E-state index is 11.1. The van der Waals surface area contributed by atoms with Crippen LogP contribution in [0.5, 0.6) is 5.88 Å². The molecule has 0 atom stereocenters. The SMILES string of the molecule is O=c1[nH]c(O)c(/C=C2\C=Nc3cnccc32)s1. The number of thiazole rings is 1. The van der Waals surface area contributed by atoms with E-state index in [1.807, 2.05) is 6.07 Å². The van der Waals surface area contributed by atoms with E-state index in [4.69, 9.17) is 0 Å². The second-order valence-corrected chi connectivity index (χ2v) is 4.49. The summed E-state index contributed by atoms with van der Waals surface area (Å²) in [5, 5.41) is 9.49. The van der Waals surface area contributed by atoms with Gasteiger partial charge in [-0.1, -0.05) is 11.3 Å². The summed E-state index contributed by atoms with van der Waals surface area (Å²) in [5.41, 5.74) is 2.59. The molecule has 0 aromatic carbocycles. The second kappa shape index (κ2) is 3.67. The number of hydrogen-bond donors (Lipinski definition) is 2. The van der Waals surface area contributed by atoms with Crippen molar-refractivity contribution in [1.82, 2.24) is 9.97 Å². The largest absolute Gasteiger partial charge is 0.493 e. The predicted octanol–water partition coefficient (Wildman–Crippen LogP) is 1.79. The molecule has 84 valence electrons. The van der Waals surface area contributed by atoms with Crippen molar-refractivity contribution in [2.45, 2.75) is 0 Å². The first-order chi connectivity index (χ1) is 8.24. The van der Waals surface area contributed by atoms with Crippen LogP contribution in [0.25, 0.3) is 11.6 Å². The van der Waals surface area contributed by atoms with Gasteiger partial charge in [0, 0.05) is 23.5 Å². The van der Waals surface area contributed by atoms with Crippen molar-refractivity contribution in [3.8, 4) is 5.88 Å². The van der Waals surface area contributed by atoms with Gasteiger partial charge in [0.05, 0.1) is 16.8 Å². The molecular weight excluding hydrogens is 238 g/mol. The highest BCUT2D eigenvalue weighted by atomic mass is 32.1. The Morgan fingerprint density at radius 2 is 2.35 bits per heavy atom. The van der Waals surface area contributed by atoms with Crippen molar-refractivity contribution in [2.24, 2.45) is 4.99 Å². The Balaban J connectivity index is 2.11. The standard InChI is InChI=1S/C11H7N3O2S/c15-10-9(17-11(16)14-10)3-6-4-13-8-5-12-2-1-7(6)8/h1-5,15H,(H,14,16)/b6-3+. The minimum Gasteiger partial charge on any atom is -0.493 e. The Kier molecular flexibility index (Phi) is 2.15. The Hall–Kier alpha value is -2.21. The van der Waals surface area contributed by atoms with Gasteiger partial charge >= 0.3 is 4.87 Å². The molecule has 1 aliphatic rings. The van der Waals surface area contributed by atoms with E-state index in [-0.39, 0.29) is 10.8 Å². The van der Waals surface area contributed by atoms with Gasteiger partial charge in [-0.15, -0.1) is 0 Å². The molecule has 0 radical (unpaired) electrons. The zero-order chi connectivity index (χ0) is 11.8. The first-order valence-corrected chi connectivity index (χ1v) is 5.68. The normalized spacial score (nSPS) is 15.4. The van der Waals surface area contributed by atoms with Gasteiger partial charge < -0.3 is 5.11 Å². The third-order valence-corrected chi connectivity index (χ3v) is 3.22. The van der Waals surface area contributed by atoms with Crippen LogP contribution in [0.15, 0.2) is 28.2 Å². The highest BCUT2D eigenvalue weighted by molar-refractivity contribution is 7.10. The number of nitrogens with one attached hydrogen (secondary N) is 1. The molecule has 0 amide bonds. The molecule has 6 heteroatoms. The zero-order valence-electron chi connectivity index (χ0n) is 8.54. The molecule has 0 spiro atoms. The summed E-state index contributed by atoms with van der Waals surface area (Å²) in [7, 11) is 0. The van der Waals surface area contributed by atoms with Crippen LogP contribution in [0.1, 0.15) is 10.4 Å². The lowest BCUT2D eigenvalue weighted by atomic mass is 10.1. The minimum atomic E-state index is -0.278. The lowest BCUT2D eigenvalue weighted by Gasteiger charge is -1.97. The highest BCUT2D eigenvalue weighted by Crippen LogP contribution is 2.32. The molecule has 2 aromatic rings. The van der Waals surface area contributed by atoms with E-state index in [1.54, 1.807) is 24.7 Å². The Morgan fingerprint density at radius 1 is 1.47 bits per heavy atom. The van der Waals surface area contributed by atoms with Crippen LogP contribution in [0.4, 0.5) is 5.69 Å². The summed E-state index contributed by atoms with van der Waals surface area (Å²) in [6.45, 7) is 0. The molecule has 3 rings (SSSR count). The number of hydrogen-bond acceptors (Lipinski definition) is 5. The molecule has 0 saturated heterocycles. The van der Waals surface area contributed by atoms with Gasteiger partial charge in [0.25, 0.3) is 0 Å². The average Bonchev–Trinajstić information content (AvgIpc) is 2.85. The molecule has 0 bridgehead atoms. The Labute approximate surface area is 99.8 Å². The minimum absolute atomic E-state index is 0.108. The molecule has 2 aromatic heterocycles. The first-order valence-electron chi connectivity index (χ1n) is 4.86. The summed E-state index contributed by atoms with van der Waals surface area (Å²) >= 11 is 0.961. The number of aromatic nitrogens is 2. The third kappa shape index (κ3) is 1.68. The summed E-state index contributed by atoms with van der Waals surface area (Å²) < 4.78 is 0. The van der Waals surface area contributed by atoms with Crippen molar-refractivity contribution < 1.29 is 5.11 Å². The fourth-order valence-electron chi connectivity index (χ4n) is 1.63. The van der Waals surface area contributed by atoms with Crippen LogP contribution < -0.4 is 4.87 Å². The van der Waals surface area contributed by atoms with Crippen molar-refractivity contribution in [3.05, 3.63) is 38.6 Å². The molecule has 2 N–H and O–H groups in total. The van der Waals surface area contributed by atoms with Gasteiger partial charge in [-0.05, 0) is 12.1 Å². The smallest absolute Gasteiger partial charge is 0.307 e. The highest BCUT2D eigenvalue weighted by Gasteiger charge is 2.13. The summed E-state index contributed by atoms with van der Waals surface area (Å²) in [6.07, 6.45) is 6.77. The molecule has 0 unspecified atom stereocenters. The molecule has 0 saturated carbocycles. The Morgan fingerprint density at radius 3 is 3.12 bits per heavy atom. The van der Waals surface area contributed by atoms with Gasteiger partial charge in [-0.25, -0.2) is 0 Å². The van der Waals surface area contributed by atoms with Gasteiger partial charge in [0.15, 0.2) is 0 Å². The number of pyridine rings is 1. The molecular formula is C11H7N3O2S. The quantitative estimate of drug-likeness (QED) is 0.804. The molecule has 0 aliphatic carbocycles. The monoisotopic (exact) mass is 245 g/mol. The van der Waals surface area contributed by atoms with E-state index < -0.39 is 0 Å². The number of H-pyrrole nitrogens is 1. The van der Waals surface area contributed by atoms with Gasteiger partial charge in [-0.3, -0.25) is 19.8 Å². The fraction of sp³-hybridized carbons (Fsp3) is 0. The van der Waals surface area contributed by atoms with E-state index in [1.165, 1.54) is 0 Å². The van der Waals surface area contributed by atoms with Crippen molar-refractivity contribution in [2.75, 3.05) is 0 Å². The van der Waals surface area contributed by atoms with Gasteiger partial charge in [0.2, 0.25) is 5.88 Å². The summed E-state index contributed by atoms with van der Waals surface area (Å²) in [5.74, 6) is -0.108. The van der Waals surface area contributed by atoms with Crippen LogP contribution in [-0.4, -0.2) is 21.3 Å². The molecule has 5 nitrogen and oxygen atoms in total. The fourth-order valence-corrected chi connectivity index (χ4v) is 2.31. The summed E-state index contributed by atoms with van der Waals surface area (Å²) in [4.78, 5) is 21.8. The zero-order valence-corrected chi connectivity index (χ0v) is 9.36. The lowest BCUT2D eigenvalue weighted by molar-refractivity contribution is 0.455. The van der Waals surface area contributed by atoms with Crippen molar-refractivity contribution in [1.29, 1.82) is 0 Å². The maximum Gasteiger partial charge on any atom is 0.307 e. The van der Waals surface area contributed by atoms with Crippen molar-refractivity contribution in [3.63, 3.8) is 0 Å². The summed E-state index contributed by atoms with van der Waals surface area (Å²) in [6, 6.07) is 1.85. The van der Waals surface area contributed by atoms with Crippen LogP contribution in [0.3, 0.4) is 0 Å². The van der Waals surface area contributed by atoms with Crippen LogP contribution >= 0.6 is 11.3 Å². The topological polar surface area (TPSA) is 78.3 Å². The van der Waals surface area contributed by atoms with E-state index in [2.05, 4.69) is 15.0 Å². The van der Waals surface area contributed by atoms with E-state index in [9.17, 15) is 9.90 Å². The first kappa shape index (κ1) is 9.98.